The molecular formula is C17H17ClN2O3S. The molecule has 2 rings (SSSR count). The highest BCUT2D eigenvalue weighted by Gasteiger charge is 2.23. The van der Waals surface area contributed by atoms with Crippen LogP contribution in [0.4, 0.5) is 5.69 Å². The summed E-state index contributed by atoms with van der Waals surface area (Å²) in [6.07, 6.45) is 0.580. The summed E-state index contributed by atoms with van der Waals surface area (Å²) in [5.74, 6) is -0.918. The van der Waals surface area contributed by atoms with Crippen LogP contribution in [0.2, 0.25) is 5.15 Å². The second-order valence-corrected chi connectivity index (χ2v) is 6.76. The standard InChI is InChI=1S/C17H17ClN2O3S/c1-11(16(21)20-14-9-6-10-19-15(14)18)23-17(22)12(2)24-13-7-4-3-5-8-13/h3-12H,1-2H3,(H,20,21)/t11-,12+/m1/s1. The fourth-order valence-corrected chi connectivity index (χ4v) is 2.83. The van der Waals surface area contributed by atoms with Gasteiger partial charge in [0.15, 0.2) is 11.3 Å². The Hall–Kier alpha value is -2.05. The first-order valence-corrected chi connectivity index (χ1v) is 8.56. The van der Waals surface area contributed by atoms with E-state index in [1.807, 2.05) is 30.3 Å². The zero-order valence-corrected chi connectivity index (χ0v) is 14.8. The van der Waals surface area contributed by atoms with Crippen molar-refractivity contribution in [2.75, 3.05) is 5.32 Å². The molecule has 126 valence electrons. The van der Waals surface area contributed by atoms with Gasteiger partial charge in [-0.3, -0.25) is 9.59 Å². The number of esters is 1. The summed E-state index contributed by atoms with van der Waals surface area (Å²) in [6, 6.07) is 12.8. The Morgan fingerprint density at radius 1 is 1.17 bits per heavy atom. The number of hydrogen-bond donors (Lipinski definition) is 1. The molecule has 1 aromatic carbocycles. The van der Waals surface area contributed by atoms with E-state index >= 15 is 0 Å². The number of carbonyl (C=O) groups is 2. The number of pyridine rings is 1. The number of benzene rings is 1. The zero-order chi connectivity index (χ0) is 17.5. The molecule has 0 radical (unpaired) electrons. The van der Waals surface area contributed by atoms with Gasteiger partial charge in [-0.15, -0.1) is 11.8 Å². The van der Waals surface area contributed by atoms with Crippen molar-refractivity contribution < 1.29 is 14.3 Å². The van der Waals surface area contributed by atoms with Gasteiger partial charge in [0.2, 0.25) is 0 Å². The first-order valence-electron chi connectivity index (χ1n) is 7.31. The van der Waals surface area contributed by atoms with Crippen molar-refractivity contribution in [3.05, 3.63) is 53.8 Å². The highest BCUT2D eigenvalue weighted by atomic mass is 35.5. The lowest BCUT2D eigenvalue weighted by molar-refractivity contribution is -0.152. The van der Waals surface area contributed by atoms with Crippen LogP contribution in [0, 0.1) is 0 Å². The van der Waals surface area contributed by atoms with E-state index in [0.717, 1.165) is 4.90 Å². The summed E-state index contributed by atoms with van der Waals surface area (Å²) >= 11 is 7.26. The highest BCUT2D eigenvalue weighted by Crippen LogP contribution is 2.24. The third kappa shape index (κ3) is 5.25. The van der Waals surface area contributed by atoms with Gasteiger partial charge in [0.05, 0.1) is 5.69 Å². The lowest BCUT2D eigenvalue weighted by Crippen LogP contribution is -2.32. The number of halogens is 1. The number of nitrogens with one attached hydrogen (secondary N) is 1. The van der Waals surface area contributed by atoms with Gasteiger partial charge in [0.25, 0.3) is 5.91 Å². The zero-order valence-electron chi connectivity index (χ0n) is 13.2. The molecule has 2 aromatic rings. The molecule has 1 aromatic heterocycles. The number of carbonyl (C=O) groups excluding carboxylic acids is 2. The minimum Gasteiger partial charge on any atom is -0.452 e. The topological polar surface area (TPSA) is 68.3 Å². The monoisotopic (exact) mass is 364 g/mol. The first kappa shape index (κ1) is 18.3. The van der Waals surface area contributed by atoms with Crippen molar-refractivity contribution in [3.63, 3.8) is 0 Å². The fourth-order valence-electron chi connectivity index (χ4n) is 1.79. The smallest absolute Gasteiger partial charge is 0.319 e. The van der Waals surface area contributed by atoms with Crippen LogP contribution in [0.3, 0.4) is 0 Å². The van der Waals surface area contributed by atoms with E-state index in [-0.39, 0.29) is 5.15 Å². The van der Waals surface area contributed by atoms with E-state index in [1.165, 1.54) is 24.9 Å². The molecule has 0 spiro atoms. The number of ether oxygens (including phenoxy) is 1. The second-order valence-electron chi connectivity index (χ2n) is 4.98. The van der Waals surface area contributed by atoms with Gasteiger partial charge in [-0.25, -0.2) is 4.98 Å². The number of hydrogen-bond acceptors (Lipinski definition) is 5. The van der Waals surface area contributed by atoms with Crippen LogP contribution in [-0.2, 0) is 14.3 Å². The lowest BCUT2D eigenvalue weighted by Gasteiger charge is -2.16. The summed E-state index contributed by atoms with van der Waals surface area (Å²) in [4.78, 5) is 29.0. The molecule has 2 atom stereocenters. The molecule has 1 amide bonds. The maximum Gasteiger partial charge on any atom is 0.319 e. The normalized spacial score (nSPS) is 13.0. The van der Waals surface area contributed by atoms with Crippen LogP contribution in [-0.4, -0.2) is 28.2 Å². The molecule has 24 heavy (non-hydrogen) atoms. The van der Waals surface area contributed by atoms with E-state index in [9.17, 15) is 9.59 Å². The Kier molecular flexibility index (Phi) is 6.63. The average Bonchev–Trinajstić information content (AvgIpc) is 2.57. The van der Waals surface area contributed by atoms with Crippen molar-refractivity contribution in [1.29, 1.82) is 0 Å². The van der Waals surface area contributed by atoms with E-state index < -0.39 is 23.2 Å². The third-order valence-corrected chi connectivity index (χ3v) is 4.46. The van der Waals surface area contributed by atoms with Gasteiger partial charge in [0, 0.05) is 11.1 Å². The predicted molar refractivity (Wildman–Crippen MR) is 95.2 cm³/mol. The van der Waals surface area contributed by atoms with Gasteiger partial charge in [-0.2, -0.15) is 0 Å². The van der Waals surface area contributed by atoms with E-state index in [2.05, 4.69) is 10.3 Å². The van der Waals surface area contributed by atoms with Crippen LogP contribution in [0.15, 0.2) is 53.6 Å². The number of aromatic nitrogens is 1. The number of amides is 1. The number of nitrogens with zero attached hydrogens (tertiary/aromatic N) is 1. The fraction of sp³-hybridized carbons (Fsp3) is 0.235. The summed E-state index contributed by atoms with van der Waals surface area (Å²) in [5.41, 5.74) is 0.374. The average molecular weight is 365 g/mol. The summed E-state index contributed by atoms with van der Waals surface area (Å²) in [7, 11) is 0. The molecule has 1 heterocycles. The maximum absolute atomic E-state index is 12.1. The first-order chi connectivity index (χ1) is 11.5. The SMILES string of the molecule is C[C@H](Sc1ccccc1)C(=O)O[C@H](C)C(=O)Nc1cccnc1Cl. The van der Waals surface area contributed by atoms with E-state index in [0.29, 0.717) is 5.69 Å². The molecule has 0 aliphatic rings. The molecule has 0 saturated heterocycles. The Morgan fingerprint density at radius 2 is 1.88 bits per heavy atom. The quantitative estimate of drug-likeness (QED) is 0.480. The van der Waals surface area contributed by atoms with E-state index in [4.69, 9.17) is 16.3 Å². The highest BCUT2D eigenvalue weighted by molar-refractivity contribution is 8.00. The third-order valence-electron chi connectivity index (χ3n) is 3.07. The molecule has 0 fully saturated rings. The summed E-state index contributed by atoms with van der Waals surface area (Å²) < 4.78 is 5.22. The molecule has 0 bridgehead atoms. The minimum absolute atomic E-state index is 0.178. The van der Waals surface area contributed by atoms with Gasteiger partial charge in [-0.05, 0) is 38.1 Å². The number of thioether (sulfide) groups is 1. The largest absolute Gasteiger partial charge is 0.452 e. The van der Waals surface area contributed by atoms with Gasteiger partial charge in [-0.1, -0.05) is 29.8 Å². The van der Waals surface area contributed by atoms with Crippen LogP contribution in [0.1, 0.15) is 13.8 Å². The second kappa shape index (κ2) is 8.70. The molecule has 0 aliphatic carbocycles. The minimum atomic E-state index is -0.937. The lowest BCUT2D eigenvalue weighted by atomic mass is 10.3. The maximum atomic E-state index is 12.1. The van der Waals surface area contributed by atoms with Gasteiger partial charge in [0.1, 0.15) is 5.25 Å². The van der Waals surface area contributed by atoms with Crippen molar-refractivity contribution in [2.24, 2.45) is 0 Å². The Morgan fingerprint density at radius 3 is 2.54 bits per heavy atom. The molecular weight excluding hydrogens is 348 g/mol. The predicted octanol–water partition coefficient (Wildman–Crippen LogP) is 3.79. The van der Waals surface area contributed by atoms with E-state index in [1.54, 1.807) is 19.1 Å². The molecule has 5 nitrogen and oxygen atoms in total. The number of rotatable bonds is 6. The Balaban J connectivity index is 1.88. The Bertz CT molecular complexity index is 712. The summed E-state index contributed by atoms with van der Waals surface area (Å²) in [5, 5.41) is 2.34. The van der Waals surface area contributed by atoms with Crippen molar-refractivity contribution in [2.45, 2.75) is 30.1 Å². The summed E-state index contributed by atoms with van der Waals surface area (Å²) in [6.45, 7) is 3.25. The molecule has 0 aliphatic heterocycles. The van der Waals surface area contributed by atoms with Crippen molar-refractivity contribution >= 4 is 40.9 Å². The molecule has 1 N–H and O–H groups in total. The molecule has 7 heteroatoms. The molecule has 0 saturated carbocycles. The van der Waals surface area contributed by atoms with Crippen molar-refractivity contribution in [1.82, 2.24) is 4.98 Å². The van der Waals surface area contributed by atoms with Gasteiger partial charge < -0.3 is 10.1 Å². The van der Waals surface area contributed by atoms with Crippen molar-refractivity contribution in [3.8, 4) is 0 Å². The van der Waals surface area contributed by atoms with Crippen LogP contribution in [0.25, 0.3) is 0 Å². The van der Waals surface area contributed by atoms with Crippen LogP contribution < -0.4 is 5.32 Å². The van der Waals surface area contributed by atoms with Gasteiger partial charge >= 0.3 is 5.97 Å². The Labute approximate surface area is 149 Å². The van der Waals surface area contributed by atoms with Crippen LogP contribution in [0.5, 0.6) is 0 Å². The molecule has 0 unspecified atom stereocenters. The number of anilines is 1. The van der Waals surface area contributed by atoms with Crippen LogP contribution >= 0.6 is 23.4 Å².